The van der Waals surface area contributed by atoms with E-state index in [4.69, 9.17) is 0 Å². The number of likely N-dealkylation sites (tertiary alicyclic amines) is 1. The van der Waals surface area contributed by atoms with E-state index >= 15 is 0 Å². The van der Waals surface area contributed by atoms with Crippen LogP contribution in [-0.4, -0.2) is 24.0 Å². The van der Waals surface area contributed by atoms with Gasteiger partial charge in [0.2, 0.25) is 0 Å². The Labute approximate surface area is 106 Å². The number of rotatable bonds is 2. The standard InChI is InChI=1S/C14H18BrN/c15-13-5-3-11(4-6-13)12-9-14(10-12)16-7-1-2-8-16/h3-6,12,14H,1-2,7-10H2. The Morgan fingerprint density at radius 2 is 1.62 bits per heavy atom. The van der Waals surface area contributed by atoms with Crippen molar-refractivity contribution in [2.75, 3.05) is 13.1 Å². The van der Waals surface area contributed by atoms with Crippen molar-refractivity contribution in [1.29, 1.82) is 0 Å². The van der Waals surface area contributed by atoms with E-state index in [0.29, 0.717) is 0 Å². The maximum Gasteiger partial charge on any atom is 0.0175 e. The van der Waals surface area contributed by atoms with E-state index < -0.39 is 0 Å². The normalized spacial score (nSPS) is 30.3. The highest BCUT2D eigenvalue weighted by Gasteiger charge is 2.35. The van der Waals surface area contributed by atoms with Crippen molar-refractivity contribution in [3.8, 4) is 0 Å². The van der Waals surface area contributed by atoms with Gasteiger partial charge in [0.1, 0.15) is 0 Å². The summed E-state index contributed by atoms with van der Waals surface area (Å²) in [6.45, 7) is 2.69. The van der Waals surface area contributed by atoms with Crippen LogP contribution in [0.1, 0.15) is 37.2 Å². The van der Waals surface area contributed by atoms with Crippen molar-refractivity contribution in [3.05, 3.63) is 34.3 Å². The van der Waals surface area contributed by atoms with Gasteiger partial charge in [-0.05, 0) is 62.4 Å². The lowest BCUT2D eigenvalue weighted by Gasteiger charge is -2.41. The van der Waals surface area contributed by atoms with Crippen LogP contribution >= 0.6 is 15.9 Å². The van der Waals surface area contributed by atoms with Crippen molar-refractivity contribution < 1.29 is 0 Å². The summed E-state index contributed by atoms with van der Waals surface area (Å²) in [6.07, 6.45) is 5.59. The molecule has 1 aromatic carbocycles. The fourth-order valence-electron chi connectivity index (χ4n) is 3.00. The van der Waals surface area contributed by atoms with Crippen molar-refractivity contribution >= 4 is 15.9 Å². The molecular formula is C14H18BrN. The van der Waals surface area contributed by atoms with Gasteiger partial charge in [0.15, 0.2) is 0 Å². The van der Waals surface area contributed by atoms with Gasteiger partial charge in [-0.3, -0.25) is 0 Å². The molecule has 1 aromatic rings. The average molecular weight is 280 g/mol. The Morgan fingerprint density at radius 3 is 2.25 bits per heavy atom. The van der Waals surface area contributed by atoms with Crippen molar-refractivity contribution in [2.45, 2.75) is 37.6 Å². The molecule has 2 heteroatoms. The van der Waals surface area contributed by atoms with Gasteiger partial charge in [0.05, 0.1) is 0 Å². The molecule has 1 aliphatic carbocycles. The minimum absolute atomic E-state index is 0.818. The molecule has 0 aromatic heterocycles. The summed E-state index contributed by atoms with van der Waals surface area (Å²) >= 11 is 3.49. The Bertz CT molecular complexity index is 348. The van der Waals surface area contributed by atoms with Crippen LogP contribution in [-0.2, 0) is 0 Å². The average Bonchev–Trinajstić information content (AvgIpc) is 2.72. The Hall–Kier alpha value is -0.340. The second-order valence-electron chi connectivity index (χ2n) is 5.12. The molecule has 3 rings (SSSR count). The molecule has 0 radical (unpaired) electrons. The third kappa shape index (κ3) is 2.05. The molecule has 16 heavy (non-hydrogen) atoms. The first-order valence-electron chi connectivity index (χ1n) is 6.32. The molecule has 0 unspecified atom stereocenters. The summed E-state index contributed by atoms with van der Waals surface area (Å²) in [6, 6.07) is 9.76. The number of nitrogens with zero attached hydrogens (tertiary/aromatic N) is 1. The summed E-state index contributed by atoms with van der Waals surface area (Å²) in [5, 5.41) is 0. The molecule has 1 nitrogen and oxygen atoms in total. The summed E-state index contributed by atoms with van der Waals surface area (Å²) in [5.74, 6) is 0.818. The van der Waals surface area contributed by atoms with E-state index in [1.165, 1.54) is 48.8 Å². The number of hydrogen-bond donors (Lipinski definition) is 0. The van der Waals surface area contributed by atoms with Gasteiger partial charge in [-0.25, -0.2) is 0 Å². The minimum Gasteiger partial charge on any atom is -0.300 e. The SMILES string of the molecule is Brc1ccc(C2CC(N3CCCC3)C2)cc1. The van der Waals surface area contributed by atoms with Crippen LogP contribution in [0.3, 0.4) is 0 Å². The van der Waals surface area contributed by atoms with E-state index in [2.05, 4.69) is 45.1 Å². The van der Waals surface area contributed by atoms with Crippen LogP contribution in [0.4, 0.5) is 0 Å². The Kier molecular flexibility index (Phi) is 3.03. The minimum atomic E-state index is 0.818. The van der Waals surface area contributed by atoms with Crippen molar-refractivity contribution in [3.63, 3.8) is 0 Å². The van der Waals surface area contributed by atoms with Crippen molar-refractivity contribution in [2.24, 2.45) is 0 Å². The second-order valence-corrected chi connectivity index (χ2v) is 6.03. The zero-order valence-electron chi connectivity index (χ0n) is 9.53. The highest BCUT2D eigenvalue weighted by molar-refractivity contribution is 9.10. The smallest absolute Gasteiger partial charge is 0.0175 e. The Balaban J connectivity index is 1.58. The molecule has 86 valence electrons. The van der Waals surface area contributed by atoms with Gasteiger partial charge < -0.3 is 4.90 Å². The monoisotopic (exact) mass is 279 g/mol. The molecule has 1 saturated heterocycles. The zero-order valence-corrected chi connectivity index (χ0v) is 11.1. The predicted octanol–water partition coefficient (Wildman–Crippen LogP) is 3.79. The molecule has 2 aliphatic rings. The Morgan fingerprint density at radius 1 is 1.00 bits per heavy atom. The summed E-state index contributed by atoms with van der Waals surface area (Å²) in [4.78, 5) is 2.69. The maximum atomic E-state index is 3.49. The van der Waals surface area contributed by atoms with E-state index in [1.807, 2.05) is 0 Å². The molecule has 0 spiro atoms. The predicted molar refractivity (Wildman–Crippen MR) is 70.7 cm³/mol. The number of halogens is 1. The largest absolute Gasteiger partial charge is 0.300 e. The van der Waals surface area contributed by atoms with Gasteiger partial charge >= 0.3 is 0 Å². The third-order valence-electron chi connectivity index (χ3n) is 4.11. The lowest BCUT2D eigenvalue weighted by Crippen LogP contribution is -2.42. The fourth-order valence-corrected chi connectivity index (χ4v) is 3.26. The van der Waals surface area contributed by atoms with E-state index in [0.717, 1.165) is 12.0 Å². The quantitative estimate of drug-likeness (QED) is 0.796. The molecule has 1 aliphatic heterocycles. The first kappa shape index (κ1) is 10.8. The van der Waals surface area contributed by atoms with Crippen LogP contribution in [0.5, 0.6) is 0 Å². The number of benzene rings is 1. The third-order valence-corrected chi connectivity index (χ3v) is 4.64. The van der Waals surface area contributed by atoms with Gasteiger partial charge in [-0.1, -0.05) is 28.1 Å². The molecule has 1 saturated carbocycles. The second kappa shape index (κ2) is 4.50. The van der Waals surface area contributed by atoms with Crippen LogP contribution in [0.25, 0.3) is 0 Å². The highest BCUT2D eigenvalue weighted by atomic mass is 79.9. The molecule has 0 N–H and O–H groups in total. The first-order valence-corrected chi connectivity index (χ1v) is 7.12. The number of hydrogen-bond acceptors (Lipinski definition) is 1. The van der Waals surface area contributed by atoms with Gasteiger partial charge in [0.25, 0.3) is 0 Å². The molecule has 0 bridgehead atoms. The van der Waals surface area contributed by atoms with Gasteiger partial charge in [0, 0.05) is 10.5 Å². The van der Waals surface area contributed by atoms with Crippen LogP contribution in [0.15, 0.2) is 28.7 Å². The van der Waals surface area contributed by atoms with Crippen LogP contribution in [0.2, 0.25) is 0 Å². The summed E-state index contributed by atoms with van der Waals surface area (Å²) in [7, 11) is 0. The zero-order chi connectivity index (χ0) is 11.0. The molecule has 0 atom stereocenters. The maximum absolute atomic E-state index is 3.49. The molecule has 0 amide bonds. The molecular weight excluding hydrogens is 262 g/mol. The van der Waals surface area contributed by atoms with Gasteiger partial charge in [-0.15, -0.1) is 0 Å². The molecule has 1 heterocycles. The van der Waals surface area contributed by atoms with E-state index in [1.54, 1.807) is 0 Å². The van der Waals surface area contributed by atoms with E-state index in [9.17, 15) is 0 Å². The topological polar surface area (TPSA) is 3.24 Å². The summed E-state index contributed by atoms with van der Waals surface area (Å²) in [5.41, 5.74) is 1.53. The lowest BCUT2D eigenvalue weighted by molar-refractivity contribution is 0.136. The van der Waals surface area contributed by atoms with Gasteiger partial charge in [-0.2, -0.15) is 0 Å². The fraction of sp³-hybridized carbons (Fsp3) is 0.571. The highest BCUT2D eigenvalue weighted by Crippen LogP contribution is 2.40. The van der Waals surface area contributed by atoms with Crippen LogP contribution in [0, 0.1) is 0 Å². The lowest BCUT2D eigenvalue weighted by atomic mass is 9.75. The van der Waals surface area contributed by atoms with Crippen molar-refractivity contribution in [1.82, 2.24) is 4.90 Å². The first-order chi connectivity index (χ1) is 7.83. The van der Waals surface area contributed by atoms with E-state index in [-0.39, 0.29) is 0 Å². The molecule has 2 fully saturated rings. The summed E-state index contributed by atoms with van der Waals surface area (Å²) < 4.78 is 1.19. The van der Waals surface area contributed by atoms with Crippen LogP contribution < -0.4 is 0 Å².